The first kappa shape index (κ1) is 20.9. The molecule has 0 saturated carbocycles. The number of carbonyl (C=O) groups excluding carboxylic acids is 2. The van der Waals surface area contributed by atoms with Crippen molar-refractivity contribution in [2.75, 3.05) is 0 Å². The topological polar surface area (TPSA) is 47.0 Å². The molecule has 4 rings (SSSR count). The first-order chi connectivity index (χ1) is 14.3. The predicted molar refractivity (Wildman–Crippen MR) is 124 cm³/mol. The third kappa shape index (κ3) is 4.10. The highest BCUT2D eigenvalue weighted by molar-refractivity contribution is 8.08. The lowest BCUT2D eigenvalue weighted by molar-refractivity contribution is 0.0984. The van der Waals surface area contributed by atoms with Gasteiger partial charge in [-0.25, -0.2) is 4.98 Å². The van der Waals surface area contributed by atoms with Crippen LogP contribution in [0.2, 0.25) is 5.15 Å². The molecule has 0 atom stereocenters. The molecule has 0 saturated heterocycles. The SMILES string of the molecule is Cc1ccc(SC2=C(Sc3ccc(C)cc3)C(=O)c3c(C)cc(Cl)nc3C2=O)cc1. The average molecular weight is 452 g/mol. The van der Waals surface area contributed by atoms with Crippen molar-refractivity contribution in [2.45, 2.75) is 30.6 Å². The normalized spacial score (nSPS) is 13.6. The number of hydrogen-bond donors (Lipinski definition) is 0. The minimum atomic E-state index is -0.268. The summed E-state index contributed by atoms with van der Waals surface area (Å²) in [5.41, 5.74) is 3.39. The number of Topliss-reactive ketones (excluding diaryl/α,β-unsaturated/α-hetero) is 2. The van der Waals surface area contributed by atoms with Crippen LogP contribution in [0.3, 0.4) is 0 Å². The highest BCUT2D eigenvalue weighted by Gasteiger charge is 2.36. The van der Waals surface area contributed by atoms with Crippen molar-refractivity contribution < 1.29 is 9.59 Å². The average Bonchev–Trinajstić information content (AvgIpc) is 2.71. The van der Waals surface area contributed by atoms with Gasteiger partial charge in [0.25, 0.3) is 0 Å². The van der Waals surface area contributed by atoms with E-state index in [1.54, 1.807) is 13.0 Å². The highest BCUT2D eigenvalue weighted by Crippen LogP contribution is 2.44. The molecule has 6 heteroatoms. The van der Waals surface area contributed by atoms with Crippen LogP contribution < -0.4 is 0 Å². The lowest BCUT2D eigenvalue weighted by atomic mass is 9.95. The Morgan fingerprint density at radius 2 is 1.20 bits per heavy atom. The molecule has 1 heterocycles. The highest BCUT2D eigenvalue weighted by atomic mass is 35.5. The molecule has 1 aliphatic rings. The summed E-state index contributed by atoms with van der Waals surface area (Å²) in [5.74, 6) is -0.457. The van der Waals surface area contributed by atoms with Gasteiger partial charge < -0.3 is 0 Å². The maximum atomic E-state index is 13.5. The number of ketones is 2. The van der Waals surface area contributed by atoms with Gasteiger partial charge in [0.15, 0.2) is 0 Å². The maximum Gasteiger partial charge on any atom is 0.220 e. The number of fused-ring (bicyclic) bond motifs is 1. The second kappa shape index (κ2) is 8.42. The van der Waals surface area contributed by atoms with E-state index >= 15 is 0 Å². The van der Waals surface area contributed by atoms with Crippen LogP contribution in [0, 0.1) is 20.8 Å². The van der Waals surface area contributed by atoms with E-state index in [-0.39, 0.29) is 22.4 Å². The van der Waals surface area contributed by atoms with E-state index in [9.17, 15) is 9.59 Å². The largest absolute Gasteiger partial charge is 0.288 e. The first-order valence-electron chi connectivity index (χ1n) is 9.33. The van der Waals surface area contributed by atoms with Gasteiger partial charge in [-0.2, -0.15) is 0 Å². The Labute approximate surface area is 188 Å². The van der Waals surface area contributed by atoms with Crippen molar-refractivity contribution in [3.63, 3.8) is 0 Å². The van der Waals surface area contributed by atoms with Crippen molar-refractivity contribution in [3.8, 4) is 0 Å². The zero-order valence-electron chi connectivity index (χ0n) is 16.7. The molecular formula is C24H18ClNO2S2. The van der Waals surface area contributed by atoms with E-state index in [0.29, 0.717) is 20.9 Å². The smallest absolute Gasteiger partial charge is 0.220 e. The number of thioether (sulfide) groups is 2. The molecule has 0 fully saturated rings. The zero-order valence-corrected chi connectivity index (χ0v) is 19.0. The molecule has 150 valence electrons. The molecule has 0 spiro atoms. The van der Waals surface area contributed by atoms with Crippen molar-refractivity contribution in [3.05, 3.63) is 97.5 Å². The molecule has 3 nitrogen and oxygen atoms in total. The molecule has 3 aromatic rings. The molecule has 1 aromatic heterocycles. The van der Waals surface area contributed by atoms with Crippen molar-refractivity contribution in [1.29, 1.82) is 0 Å². The Kier molecular flexibility index (Phi) is 5.87. The number of aromatic nitrogens is 1. The Morgan fingerprint density at radius 1 is 0.733 bits per heavy atom. The standard InChI is InChI=1S/C24H18ClNO2S2/c1-13-4-8-16(9-5-13)29-23-21(27)19-15(3)12-18(25)26-20(19)22(28)24(23)30-17-10-6-14(2)7-11-17/h4-12H,1-3H3. The summed E-state index contributed by atoms with van der Waals surface area (Å²) >= 11 is 8.71. The van der Waals surface area contributed by atoms with Crippen molar-refractivity contribution in [1.82, 2.24) is 4.98 Å². The van der Waals surface area contributed by atoms with Gasteiger partial charge in [-0.15, -0.1) is 0 Å². The number of halogens is 1. The van der Waals surface area contributed by atoms with Crippen LogP contribution in [0.4, 0.5) is 0 Å². The minimum Gasteiger partial charge on any atom is -0.288 e. The maximum absolute atomic E-state index is 13.5. The van der Waals surface area contributed by atoms with Crippen LogP contribution in [-0.4, -0.2) is 16.6 Å². The first-order valence-corrected chi connectivity index (χ1v) is 11.3. The minimum absolute atomic E-state index is 0.132. The molecule has 0 bridgehead atoms. The predicted octanol–water partition coefficient (Wildman–Crippen LogP) is 6.84. The fourth-order valence-corrected chi connectivity index (χ4v) is 5.41. The fraction of sp³-hybridized carbons (Fsp3) is 0.125. The summed E-state index contributed by atoms with van der Waals surface area (Å²) < 4.78 is 0. The summed E-state index contributed by atoms with van der Waals surface area (Å²) in [4.78, 5) is 33.7. The second-order valence-corrected chi connectivity index (χ2v) is 9.69. The quantitative estimate of drug-likeness (QED) is 0.406. The molecule has 0 radical (unpaired) electrons. The van der Waals surface area contributed by atoms with Gasteiger partial charge in [-0.05, 0) is 56.7 Å². The Balaban J connectivity index is 1.85. The number of aryl methyl sites for hydroxylation is 3. The van der Waals surface area contributed by atoms with E-state index in [0.717, 1.165) is 20.9 Å². The number of rotatable bonds is 4. The molecular weight excluding hydrogens is 434 g/mol. The monoisotopic (exact) mass is 451 g/mol. The summed E-state index contributed by atoms with van der Waals surface area (Å²) in [6, 6.07) is 17.4. The third-order valence-electron chi connectivity index (χ3n) is 4.73. The lowest BCUT2D eigenvalue weighted by Gasteiger charge is -2.21. The van der Waals surface area contributed by atoms with E-state index in [1.807, 2.05) is 62.4 Å². The number of carbonyl (C=O) groups is 2. The lowest BCUT2D eigenvalue weighted by Crippen LogP contribution is -2.22. The molecule has 0 N–H and O–H groups in total. The van der Waals surface area contributed by atoms with E-state index in [1.165, 1.54) is 23.5 Å². The van der Waals surface area contributed by atoms with E-state index in [4.69, 9.17) is 11.6 Å². The molecule has 0 unspecified atom stereocenters. The van der Waals surface area contributed by atoms with Crippen LogP contribution in [0.1, 0.15) is 37.5 Å². The van der Waals surface area contributed by atoms with Crippen LogP contribution in [0.5, 0.6) is 0 Å². The summed E-state index contributed by atoms with van der Waals surface area (Å²) in [5, 5.41) is 0.210. The Bertz CT molecular complexity index is 1200. The van der Waals surface area contributed by atoms with Gasteiger partial charge in [-0.1, -0.05) is 70.5 Å². The Hall–Kier alpha value is -2.34. The van der Waals surface area contributed by atoms with Gasteiger partial charge in [0.2, 0.25) is 11.6 Å². The summed E-state index contributed by atoms with van der Waals surface area (Å²) in [7, 11) is 0. The number of nitrogens with zero attached hydrogens (tertiary/aromatic N) is 1. The van der Waals surface area contributed by atoms with Crippen LogP contribution in [0.15, 0.2) is 74.2 Å². The van der Waals surface area contributed by atoms with Crippen LogP contribution >= 0.6 is 35.1 Å². The van der Waals surface area contributed by atoms with Gasteiger partial charge >= 0.3 is 0 Å². The summed E-state index contributed by atoms with van der Waals surface area (Å²) in [6.45, 7) is 5.80. The third-order valence-corrected chi connectivity index (χ3v) is 7.25. The van der Waals surface area contributed by atoms with E-state index < -0.39 is 0 Å². The van der Waals surface area contributed by atoms with Crippen molar-refractivity contribution >= 4 is 46.7 Å². The summed E-state index contributed by atoms with van der Waals surface area (Å²) in [6.07, 6.45) is 0. The molecule has 30 heavy (non-hydrogen) atoms. The molecule has 2 aromatic carbocycles. The van der Waals surface area contributed by atoms with Gasteiger partial charge in [0, 0.05) is 9.79 Å². The van der Waals surface area contributed by atoms with Gasteiger partial charge in [-0.3, -0.25) is 9.59 Å². The molecule has 0 aliphatic heterocycles. The van der Waals surface area contributed by atoms with Crippen LogP contribution in [-0.2, 0) is 0 Å². The van der Waals surface area contributed by atoms with E-state index in [2.05, 4.69) is 4.98 Å². The molecule has 1 aliphatic carbocycles. The fourth-order valence-electron chi connectivity index (χ4n) is 3.14. The van der Waals surface area contributed by atoms with Crippen LogP contribution in [0.25, 0.3) is 0 Å². The zero-order chi connectivity index (χ0) is 21.4. The number of allylic oxidation sites excluding steroid dienone is 2. The number of pyridine rings is 1. The number of benzene rings is 2. The van der Waals surface area contributed by atoms with Gasteiger partial charge in [0.1, 0.15) is 10.8 Å². The van der Waals surface area contributed by atoms with Gasteiger partial charge in [0.05, 0.1) is 15.4 Å². The molecule has 0 amide bonds. The second-order valence-electron chi connectivity index (χ2n) is 7.13. The van der Waals surface area contributed by atoms with Crippen molar-refractivity contribution in [2.24, 2.45) is 0 Å². The number of hydrogen-bond acceptors (Lipinski definition) is 5. The Morgan fingerprint density at radius 3 is 1.70 bits per heavy atom.